The third-order valence-electron chi connectivity index (χ3n) is 2.09. The quantitative estimate of drug-likeness (QED) is 0.680. The summed E-state index contributed by atoms with van der Waals surface area (Å²) >= 11 is 0. The van der Waals surface area contributed by atoms with Gasteiger partial charge in [0.25, 0.3) is 0 Å². The summed E-state index contributed by atoms with van der Waals surface area (Å²) in [5, 5.41) is 0. The van der Waals surface area contributed by atoms with Gasteiger partial charge in [-0.3, -0.25) is 0 Å². The zero-order valence-corrected chi connectivity index (χ0v) is 7.70. The first-order valence-electron chi connectivity index (χ1n) is 4.38. The summed E-state index contributed by atoms with van der Waals surface area (Å²) in [6.45, 7) is 0. The summed E-state index contributed by atoms with van der Waals surface area (Å²) in [4.78, 5) is 0. The van der Waals surface area contributed by atoms with Crippen molar-refractivity contribution in [2.75, 3.05) is 0 Å². The molecular formula is C11H8F3N. The summed E-state index contributed by atoms with van der Waals surface area (Å²) in [7, 11) is 0. The van der Waals surface area contributed by atoms with E-state index in [1.165, 1.54) is 16.7 Å². The Morgan fingerprint density at radius 3 is 2.07 bits per heavy atom. The molecule has 1 nitrogen and oxygen atoms in total. The van der Waals surface area contributed by atoms with Gasteiger partial charge >= 0.3 is 6.18 Å². The third kappa shape index (κ3) is 1.88. The number of aromatic nitrogens is 1. The summed E-state index contributed by atoms with van der Waals surface area (Å²) in [5.41, 5.74) is -0.476. The molecule has 1 aromatic heterocycles. The van der Waals surface area contributed by atoms with Crippen LogP contribution in [0.15, 0.2) is 48.8 Å². The fraction of sp³-hybridized carbons (Fsp3) is 0.0909. The molecule has 78 valence electrons. The highest BCUT2D eigenvalue weighted by Crippen LogP contribution is 2.33. The molecule has 0 unspecified atom stereocenters. The van der Waals surface area contributed by atoms with Crippen molar-refractivity contribution >= 4 is 0 Å². The molecule has 0 aliphatic heterocycles. The molecule has 4 heteroatoms. The highest BCUT2D eigenvalue weighted by Gasteiger charge is 2.33. The van der Waals surface area contributed by atoms with E-state index in [0.717, 1.165) is 6.07 Å². The molecule has 0 saturated heterocycles. The van der Waals surface area contributed by atoms with Crippen molar-refractivity contribution in [1.82, 2.24) is 4.57 Å². The van der Waals surface area contributed by atoms with Crippen LogP contribution in [0.1, 0.15) is 5.56 Å². The number of hydrogen-bond donors (Lipinski definition) is 0. The maximum absolute atomic E-state index is 12.6. The van der Waals surface area contributed by atoms with Gasteiger partial charge in [-0.05, 0) is 24.3 Å². The monoisotopic (exact) mass is 211 g/mol. The first-order valence-corrected chi connectivity index (χ1v) is 4.38. The second-order valence-corrected chi connectivity index (χ2v) is 3.11. The largest absolute Gasteiger partial charge is 0.418 e. The Labute approximate surface area is 84.8 Å². The lowest BCUT2D eigenvalue weighted by Crippen LogP contribution is -2.09. The Morgan fingerprint density at radius 2 is 1.47 bits per heavy atom. The van der Waals surface area contributed by atoms with Crippen LogP contribution in [0.2, 0.25) is 0 Å². The average molecular weight is 211 g/mol. The van der Waals surface area contributed by atoms with Crippen molar-refractivity contribution < 1.29 is 13.2 Å². The number of alkyl halides is 3. The van der Waals surface area contributed by atoms with E-state index in [2.05, 4.69) is 0 Å². The lowest BCUT2D eigenvalue weighted by Gasteiger charge is -2.12. The van der Waals surface area contributed by atoms with Crippen LogP contribution >= 0.6 is 0 Å². The smallest absolute Gasteiger partial charge is 0.323 e. The molecule has 2 aromatic rings. The third-order valence-corrected chi connectivity index (χ3v) is 2.09. The minimum absolute atomic E-state index is 0.148. The lowest BCUT2D eigenvalue weighted by molar-refractivity contribution is -0.137. The van der Waals surface area contributed by atoms with Gasteiger partial charge in [-0.25, -0.2) is 0 Å². The van der Waals surface area contributed by atoms with Gasteiger partial charge in [0, 0.05) is 12.4 Å². The number of hydrogen-bond acceptors (Lipinski definition) is 0. The van der Waals surface area contributed by atoms with Gasteiger partial charge in [0.15, 0.2) is 0 Å². The predicted octanol–water partition coefficient (Wildman–Crippen LogP) is 3.50. The van der Waals surface area contributed by atoms with Gasteiger partial charge in [-0.1, -0.05) is 12.1 Å². The molecule has 0 radical (unpaired) electrons. The van der Waals surface area contributed by atoms with Gasteiger partial charge in [-0.15, -0.1) is 0 Å². The average Bonchev–Trinajstić information content (AvgIpc) is 2.69. The molecule has 0 aliphatic rings. The van der Waals surface area contributed by atoms with E-state index in [9.17, 15) is 13.2 Å². The van der Waals surface area contributed by atoms with Crippen LogP contribution in [-0.2, 0) is 6.18 Å². The first-order chi connectivity index (χ1) is 7.09. The minimum atomic E-state index is -4.32. The normalized spacial score (nSPS) is 11.7. The van der Waals surface area contributed by atoms with Crippen molar-refractivity contribution in [1.29, 1.82) is 0 Å². The molecule has 0 N–H and O–H groups in total. The molecule has 0 fully saturated rings. The Hall–Kier alpha value is -1.71. The Kier molecular flexibility index (Phi) is 2.26. The van der Waals surface area contributed by atoms with E-state index in [1.54, 1.807) is 30.6 Å². The molecule has 0 atom stereocenters. The number of nitrogens with zero attached hydrogens (tertiary/aromatic N) is 1. The minimum Gasteiger partial charge on any atom is -0.323 e. The Bertz CT molecular complexity index is 443. The SMILES string of the molecule is FC(F)(F)c1ccccc1-n1cccc1. The van der Waals surface area contributed by atoms with Gasteiger partial charge in [0.1, 0.15) is 0 Å². The second kappa shape index (κ2) is 3.46. The van der Waals surface area contributed by atoms with Gasteiger partial charge < -0.3 is 4.57 Å². The van der Waals surface area contributed by atoms with Crippen LogP contribution in [0.3, 0.4) is 0 Å². The van der Waals surface area contributed by atoms with Crippen LogP contribution in [0.5, 0.6) is 0 Å². The molecule has 0 aliphatic carbocycles. The molecule has 1 heterocycles. The number of halogens is 3. The molecule has 0 spiro atoms. The Balaban J connectivity index is 2.58. The zero-order chi connectivity index (χ0) is 10.9. The Morgan fingerprint density at radius 1 is 0.867 bits per heavy atom. The van der Waals surface area contributed by atoms with Crippen LogP contribution < -0.4 is 0 Å². The maximum atomic E-state index is 12.6. The molecule has 0 bridgehead atoms. The van der Waals surface area contributed by atoms with Gasteiger partial charge in [0.05, 0.1) is 11.3 Å². The molecule has 0 saturated carbocycles. The second-order valence-electron chi connectivity index (χ2n) is 3.11. The van der Waals surface area contributed by atoms with E-state index < -0.39 is 11.7 Å². The van der Waals surface area contributed by atoms with Crippen LogP contribution in [-0.4, -0.2) is 4.57 Å². The van der Waals surface area contributed by atoms with Gasteiger partial charge in [0.2, 0.25) is 0 Å². The topological polar surface area (TPSA) is 4.93 Å². The van der Waals surface area contributed by atoms with E-state index in [0.29, 0.717) is 0 Å². The fourth-order valence-electron chi connectivity index (χ4n) is 1.43. The van der Waals surface area contributed by atoms with E-state index in [1.807, 2.05) is 0 Å². The van der Waals surface area contributed by atoms with Crippen LogP contribution in [0.4, 0.5) is 13.2 Å². The highest BCUT2D eigenvalue weighted by atomic mass is 19.4. The predicted molar refractivity (Wildman–Crippen MR) is 50.8 cm³/mol. The molecule has 0 amide bonds. The molecular weight excluding hydrogens is 203 g/mol. The van der Waals surface area contributed by atoms with Crippen molar-refractivity contribution in [2.24, 2.45) is 0 Å². The van der Waals surface area contributed by atoms with Crippen molar-refractivity contribution in [3.63, 3.8) is 0 Å². The summed E-state index contributed by atoms with van der Waals surface area (Å²) in [6, 6.07) is 8.87. The fourth-order valence-corrected chi connectivity index (χ4v) is 1.43. The number of benzene rings is 1. The summed E-state index contributed by atoms with van der Waals surface area (Å²) < 4.78 is 39.3. The van der Waals surface area contributed by atoms with Crippen molar-refractivity contribution in [3.8, 4) is 5.69 Å². The molecule has 2 rings (SSSR count). The van der Waals surface area contributed by atoms with Crippen molar-refractivity contribution in [3.05, 3.63) is 54.4 Å². The summed E-state index contributed by atoms with van der Waals surface area (Å²) in [6.07, 6.45) is -1.14. The molecule has 15 heavy (non-hydrogen) atoms. The maximum Gasteiger partial charge on any atom is 0.418 e. The van der Waals surface area contributed by atoms with E-state index >= 15 is 0 Å². The highest BCUT2D eigenvalue weighted by molar-refractivity contribution is 5.43. The van der Waals surface area contributed by atoms with Gasteiger partial charge in [-0.2, -0.15) is 13.2 Å². The first kappa shape index (κ1) is 9.83. The molecule has 1 aromatic carbocycles. The van der Waals surface area contributed by atoms with E-state index in [4.69, 9.17) is 0 Å². The van der Waals surface area contributed by atoms with E-state index in [-0.39, 0.29) is 5.69 Å². The zero-order valence-electron chi connectivity index (χ0n) is 7.70. The van der Waals surface area contributed by atoms with Crippen molar-refractivity contribution in [2.45, 2.75) is 6.18 Å². The number of para-hydroxylation sites is 1. The van der Waals surface area contributed by atoms with Crippen LogP contribution in [0, 0.1) is 0 Å². The lowest BCUT2D eigenvalue weighted by atomic mass is 10.1. The van der Waals surface area contributed by atoms with Crippen LogP contribution in [0.25, 0.3) is 5.69 Å². The summed E-state index contributed by atoms with van der Waals surface area (Å²) in [5.74, 6) is 0. The number of rotatable bonds is 1. The standard InChI is InChI=1S/C11H8F3N/c12-11(13,14)9-5-1-2-6-10(9)15-7-3-4-8-15/h1-8H.